The second-order valence-electron chi connectivity index (χ2n) is 5.79. The summed E-state index contributed by atoms with van der Waals surface area (Å²) in [6, 6.07) is 11.6. The topological polar surface area (TPSA) is 29.3 Å². The number of anilines is 1. The SMILES string of the molecule is Cc1cccc(CN(C)c2cc(C)c(F)cc2[C@H](C)N)c1. The van der Waals surface area contributed by atoms with Gasteiger partial charge in [0.1, 0.15) is 5.82 Å². The summed E-state index contributed by atoms with van der Waals surface area (Å²) in [7, 11) is 2.01. The molecule has 3 heteroatoms. The Balaban J connectivity index is 2.34. The smallest absolute Gasteiger partial charge is 0.126 e. The summed E-state index contributed by atoms with van der Waals surface area (Å²) in [5, 5.41) is 0. The van der Waals surface area contributed by atoms with Crippen LogP contribution in [0.3, 0.4) is 0 Å². The lowest BCUT2D eigenvalue weighted by Gasteiger charge is -2.25. The van der Waals surface area contributed by atoms with Crippen LogP contribution in [0.2, 0.25) is 0 Å². The average Bonchev–Trinajstić information content (AvgIpc) is 2.41. The van der Waals surface area contributed by atoms with Crippen molar-refractivity contribution >= 4 is 5.69 Å². The molecule has 0 aliphatic rings. The van der Waals surface area contributed by atoms with Crippen LogP contribution in [0.15, 0.2) is 36.4 Å². The van der Waals surface area contributed by atoms with Gasteiger partial charge in [0, 0.05) is 25.3 Å². The Hall–Kier alpha value is -1.87. The van der Waals surface area contributed by atoms with Crippen molar-refractivity contribution in [3.05, 3.63) is 64.5 Å². The summed E-state index contributed by atoms with van der Waals surface area (Å²) in [5.41, 5.74) is 10.9. The van der Waals surface area contributed by atoms with Crippen molar-refractivity contribution in [1.29, 1.82) is 0 Å². The predicted octanol–water partition coefficient (Wildman–Crippen LogP) is 4.10. The van der Waals surface area contributed by atoms with E-state index in [-0.39, 0.29) is 11.9 Å². The molecule has 0 heterocycles. The Morgan fingerprint density at radius 3 is 2.52 bits per heavy atom. The van der Waals surface area contributed by atoms with Gasteiger partial charge in [0.05, 0.1) is 0 Å². The summed E-state index contributed by atoms with van der Waals surface area (Å²) in [6.07, 6.45) is 0. The molecule has 1 atom stereocenters. The highest BCUT2D eigenvalue weighted by Gasteiger charge is 2.14. The molecule has 0 radical (unpaired) electrons. The molecule has 0 saturated carbocycles. The van der Waals surface area contributed by atoms with E-state index in [1.807, 2.05) is 20.0 Å². The van der Waals surface area contributed by atoms with Gasteiger partial charge in [0.25, 0.3) is 0 Å². The lowest BCUT2D eigenvalue weighted by molar-refractivity contribution is 0.612. The molecule has 21 heavy (non-hydrogen) atoms. The molecular weight excluding hydrogens is 263 g/mol. The molecule has 2 nitrogen and oxygen atoms in total. The van der Waals surface area contributed by atoms with E-state index in [2.05, 4.69) is 36.1 Å². The van der Waals surface area contributed by atoms with Crippen LogP contribution < -0.4 is 10.6 Å². The Labute approximate surface area is 126 Å². The summed E-state index contributed by atoms with van der Waals surface area (Å²) in [6.45, 7) is 6.52. The molecular formula is C18H23FN2. The van der Waals surface area contributed by atoms with Gasteiger partial charge < -0.3 is 10.6 Å². The lowest BCUT2D eigenvalue weighted by atomic mass is 10.0. The molecule has 112 valence electrons. The van der Waals surface area contributed by atoms with Crippen molar-refractivity contribution in [2.24, 2.45) is 5.73 Å². The standard InChI is InChI=1S/C18H23FN2/c1-12-6-5-7-15(8-12)11-21(4)18-9-13(2)17(19)10-16(18)14(3)20/h5-10,14H,11,20H2,1-4H3/t14-/m0/s1. The van der Waals surface area contributed by atoms with Gasteiger partial charge in [-0.2, -0.15) is 0 Å². The number of rotatable bonds is 4. The van der Waals surface area contributed by atoms with Gasteiger partial charge in [-0.3, -0.25) is 0 Å². The first-order chi connectivity index (χ1) is 9.88. The highest BCUT2D eigenvalue weighted by molar-refractivity contribution is 5.57. The molecule has 0 unspecified atom stereocenters. The van der Waals surface area contributed by atoms with Crippen LogP contribution in [0.4, 0.5) is 10.1 Å². The van der Waals surface area contributed by atoms with E-state index in [0.717, 1.165) is 17.8 Å². The third-order valence-electron chi connectivity index (χ3n) is 3.71. The Morgan fingerprint density at radius 1 is 1.19 bits per heavy atom. The van der Waals surface area contributed by atoms with Crippen molar-refractivity contribution in [2.45, 2.75) is 33.4 Å². The van der Waals surface area contributed by atoms with Gasteiger partial charge in [-0.05, 0) is 49.6 Å². The zero-order valence-corrected chi connectivity index (χ0v) is 13.2. The first-order valence-corrected chi connectivity index (χ1v) is 7.21. The molecule has 0 saturated heterocycles. The quantitative estimate of drug-likeness (QED) is 0.917. The van der Waals surface area contributed by atoms with Crippen LogP contribution in [-0.2, 0) is 6.54 Å². The van der Waals surface area contributed by atoms with Gasteiger partial charge in [0.2, 0.25) is 0 Å². The van der Waals surface area contributed by atoms with Gasteiger partial charge in [0.15, 0.2) is 0 Å². The Bertz CT molecular complexity index is 635. The lowest BCUT2D eigenvalue weighted by Crippen LogP contribution is -2.20. The van der Waals surface area contributed by atoms with E-state index in [1.165, 1.54) is 11.1 Å². The van der Waals surface area contributed by atoms with Crippen molar-refractivity contribution in [3.63, 3.8) is 0 Å². The third-order valence-corrected chi connectivity index (χ3v) is 3.71. The summed E-state index contributed by atoms with van der Waals surface area (Å²) >= 11 is 0. The third kappa shape index (κ3) is 3.61. The van der Waals surface area contributed by atoms with E-state index in [9.17, 15) is 4.39 Å². The molecule has 0 aliphatic carbocycles. The number of aryl methyl sites for hydroxylation is 2. The van der Waals surface area contributed by atoms with E-state index in [4.69, 9.17) is 5.73 Å². The van der Waals surface area contributed by atoms with E-state index >= 15 is 0 Å². The summed E-state index contributed by atoms with van der Waals surface area (Å²) < 4.78 is 13.8. The molecule has 0 aromatic heterocycles. The Kier molecular flexibility index (Phi) is 4.63. The maximum atomic E-state index is 13.8. The largest absolute Gasteiger partial charge is 0.370 e. The minimum atomic E-state index is -0.199. The highest BCUT2D eigenvalue weighted by Crippen LogP contribution is 2.28. The molecule has 2 N–H and O–H groups in total. The van der Waals surface area contributed by atoms with Gasteiger partial charge in [-0.15, -0.1) is 0 Å². The monoisotopic (exact) mass is 286 g/mol. The van der Waals surface area contributed by atoms with Crippen LogP contribution in [-0.4, -0.2) is 7.05 Å². The summed E-state index contributed by atoms with van der Waals surface area (Å²) in [5.74, 6) is -0.199. The Morgan fingerprint density at radius 2 is 1.90 bits per heavy atom. The fourth-order valence-electron chi connectivity index (χ4n) is 2.55. The normalized spacial score (nSPS) is 12.3. The van der Waals surface area contributed by atoms with E-state index in [0.29, 0.717) is 5.56 Å². The number of halogens is 1. The zero-order valence-electron chi connectivity index (χ0n) is 13.2. The van der Waals surface area contributed by atoms with Crippen molar-refractivity contribution in [1.82, 2.24) is 0 Å². The molecule has 0 spiro atoms. The average molecular weight is 286 g/mol. The molecule has 0 amide bonds. The molecule has 2 rings (SSSR count). The summed E-state index contributed by atoms with van der Waals surface area (Å²) in [4.78, 5) is 2.12. The maximum absolute atomic E-state index is 13.8. The van der Waals surface area contributed by atoms with Gasteiger partial charge >= 0.3 is 0 Å². The van der Waals surface area contributed by atoms with Crippen molar-refractivity contribution < 1.29 is 4.39 Å². The zero-order chi connectivity index (χ0) is 15.6. The molecule has 2 aromatic carbocycles. The number of hydrogen-bond acceptors (Lipinski definition) is 2. The minimum absolute atomic E-state index is 0.199. The molecule has 2 aromatic rings. The number of benzene rings is 2. The minimum Gasteiger partial charge on any atom is -0.370 e. The highest BCUT2D eigenvalue weighted by atomic mass is 19.1. The second kappa shape index (κ2) is 6.27. The van der Waals surface area contributed by atoms with Crippen LogP contribution in [0.5, 0.6) is 0 Å². The van der Waals surface area contributed by atoms with Gasteiger partial charge in [-0.25, -0.2) is 4.39 Å². The van der Waals surface area contributed by atoms with Crippen LogP contribution >= 0.6 is 0 Å². The van der Waals surface area contributed by atoms with Crippen LogP contribution in [0.1, 0.15) is 35.2 Å². The predicted molar refractivity (Wildman–Crippen MR) is 87.0 cm³/mol. The van der Waals surface area contributed by atoms with Crippen LogP contribution in [0.25, 0.3) is 0 Å². The number of nitrogens with two attached hydrogens (primary N) is 1. The molecule has 0 bridgehead atoms. The fourth-order valence-corrected chi connectivity index (χ4v) is 2.55. The first kappa shape index (κ1) is 15.5. The van der Waals surface area contributed by atoms with Gasteiger partial charge in [-0.1, -0.05) is 29.8 Å². The fraction of sp³-hybridized carbons (Fsp3) is 0.333. The van der Waals surface area contributed by atoms with Crippen molar-refractivity contribution in [2.75, 3.05) is 11.9 Å². The number of hydrogen-bond donors (Lipinski definition) is 1. The molecule has 0 aliphatic heterocycles. The van der Waals surface area contributed by atoms with E-state index in [1.54, 1.807) is 13.0 Å². The maximum Gasteiger partial charge on any atom is 0.126 e. The van der Waals surface area contributed by atoms with Crippen LogP contribution in [0, 0.1) is 19.7 Å². The van der Waals surface area contributed by atoms with E-state index < -0.39 is 0 Å². The number of nitrogens with zero attached hydrogens (tertiary/aromatic N) is 1. The van der Waals surface area contributed by atoms with Crippen molar-refractivity contribution in [3.8, 4) is 0 Å². The second-order valence-corrected chi connectivity index (χ2v) is 5.79. The first-order valence-electron chi connectivity index (χ1n) is 7.21. The molecule has 0 fully saturated rings.